The monoisotopic (exact) mass is 202 g/mol. The van der Waals surface area contributed by atoms with Crippen LogP contribution in [-0.4, -0.2) is 33.5 Å². The summed E-state index contributed by atoms with van der Waals surface area (Å²) < 4.78 is 0. The van der Waals surface area contributed by atoms with Crippen molar-refractivity contribution < 1.29 is 20.1 Å². The third kappa shape index (κ3) is 4.39. The van der Waals surface area contributed by atoms with Gasteiger partial charge in [0.1, 0.15) is 5.60 Å². The Bertz CT molecular complexity index is 222. The second-order valence-corrected chi connectivity index (χ2v) is 3.50. The largest absolute Gasteiger partial charge is 0.478 e. The third-order valence-corrected chi connectivity index (χ3v) is 2.06. The Kier molecular flexibility index (Phi) is 5.42. The quantitative estimate of drug-likeness (QED) is 0.560. The highest BCUT2D eigenvalue weighted by Gasteiger charge is 2.23. The summed E-state index contributed by atoms with van der Waals surface area (Å²) in [7, 11) is 0. The minimum atomic E-state index is -1.39. The van der Waals surface area contributed by atoms with Crippen LogP contribution in [0.4, 0.5) is 0 Å². The van der Waals surface area contributed by atoms with Gasteiger partial charge in [-0.3, -0.25) is 0 Å². The van der Waals surface area contributed by atoms with Gasteiger partial charge in [-0.1, -0.05) is 19.8 Å². The van der Waals surface area contributed by atoms with E-state index in [2.05, 4.69) is 0 Å². The lowest BCUT2D eigenvalue weighted by molar-refractivity contribution is -0.132. The summed E-state index contributed by atoms with van der Waals surface area (Å²) in [4.78, 5) is 10.5. The summed E-state index contributed by atoms with van der Waals surface area (Å²) >= 11 is 0. The zero-order valence-corrected chi connectivity index (χ0v) is 8.66. The maximum atomic E-state index is 10.5. The van der Waals surface area contributed by atoms with Crippen LogP contribution in [0.1, 0.15) is 33.1 Å². The number of aliphatic carboxylic acids is 1. The lowest BCUT2D eigenvalue weighted by atomic mass is 9.95. The van der Waals surface area contributed by atoms with Crippen LogP contribution in [0, 0.1) is 0 Å². The lowest BCUT2D eigenvalue weighted by Crippen LogP contribution is -2.31. The van der Waals surface area contributed by atoms with E-state index in [4.69, 9.17) is 10.2 Å². The van der Waals surface area contributed by atoms with Gasteiger partial charge >= 0.3 is 5.97 Å². The fraction of sp³-hybridized carbons (Fsp3) is 0.700. The topological polar surface area (TPSA) is 77.8 Å². The molecule has 0 spiro atoms. The average molecular weight is 202 g/mol. The summed E-state index contributed by atoms with van der Waals surface area (Å²) in [5.74, 6) is -1.08. The summed E-state index contributed by atoms with van der Waals surface area (Å²) in [5.41, 5.74) is -1.34. The Morgan fingerprint density at radius 3 is 2.43 bits per heavy atom. The van der Waals surface area contributed by atoms with Crippen LogP contribution >= 0.6 is 0 Å². The van der Waals surface area contributed by atoms with Crippen molar-refractivity contribution in [3.05, 3.63) is 11.6 Å². The molecular weight excluding hydrogens is 184 g/mol. The van der Waals surface area contributed by atoms with E-state index >= 15 is 0 Å². The maximum Gasteiger partial charge on any atom is 0.331 e. The van der Waals surface area contributed by atoms with Crippen molar-refractivity contribution in [3.63, 3.8) is 0 Å². The van der Waals surface area contributed by atoms with Crippen LogP contribution in [0.25, 0.3) is 0 Å². The summed E-state index contributed by atoms with van der Waals surface area (Å²) in [6.45, 7) is 2.91. The van der Waals surface area contributed by atoms with Crippen LogP contribution in [0.5, 0.6) is 0 Å². The van der Waals surface area contributed by atoms with Crippen molar-refractivity contribution in [1.29, 1.82) is 0 Å². The highest BCUT2D eigenvalue weighted by atomic mass is 16.4. The molecule has 82 valence electrons. The second kappa shape index (κ2) is 5.78. The molecule has 0 rings (SSSR count). The minimum absolute atomic E-state index is 0.0534. The molecule has 0 aromatic heterocycles. The minimum Gasteiger partial charge on any atom is -0.478 e. The van der Waals surface area contributed by atoms with Crippen molar-refractivity contribution in [3.8, 4) is 0 Å². The molecule has 0 bridgehead atoms. The Hall–Kier alpha value is -0.870. The molecule has 0 aliphatic rings. The Morgan fingerprint density at radius 2 is 2.07 bits per heavy atom. The molecule has 0 heterocycles. The van der Waals surface area contributed by atoms with Crippen LogP contribution in [0.3, 0.4) is 0 Å². The molecule has 0 radical (unpaired) electrons. The van der Waals surface area contributed by atoms with Crippen molar-refractivity contribution in [2.45, 2.75) is 38.7 Å². The molecule has 3 N–H and O–H groups in total. The van der Waals surface area contributed by atoms with Gasteiger partial charge in [0.05, 0.1) is 6.61 Å². The smallest absolute Gasteiger partial charge is 0.331 e. The summed E-state index contributed by atoms with van der Waals surface area (Å²) in [5, 5.41) is 27.3. The number of unbranched alkanes of at least 4 members (excludes halogenated alkanes) is 1. The number of hydrogen-bond donors (Lipinski definition) is 3. The highest BCUT2D eigenvalue weighted by Crippen LogP contribution is 2.17. The van der Waals surface area contributed by atoms with E-state index in [1.54, 1.807) is 0 Å². The summed E-state index contributed by atoms with van der Waals surface area (Å²) in [6, 6.07) is 0. The van der Waals surface area contributed by atoms with Gasteiger partial charge in [-0.2, -0.15) is 0 Å². The molecular formula is C10H18O4. The zero-order valence-electron chi connectivity index (χ0n) is 8.66. The Balaban J connectivity index is 4.52. The molecule has 0 saturated heterocycles. The highest BCUT2D eigenvalue weighted by molar-refractivity contribution is 5.86. The van der Waals surface area contributed by atoms with Crippen molar-refractivity contribution >= 4 is 5.97 Å². The van der Waals surface area contributed by atoms with Gasteiger partial charge in [0.25, 0.3) is 0 Å². The first-order chi connectivity index (χ1) is 6.45. The van der Waals surface area contributed by atoms with E-state index in [0.717, 1.165) is 12.8 Å². The summed E-state index contributed by atoms with van der Waals surface area (Å²) in [6.07, 6.45) is 3.23. The van der Waals surface area contributed by atoms with E-state index in [9.17, 15) is 9.90 Å². The molecule has 1 atom stereocenters. The van der Waals surface area contributed by atoms with E-state index in [0.29, 0.717) is 6.42 Å². The van der Waals surface area contributed by atoms with Gasteiger partial charge < -0.3 is 15.3 Å². The standard InChI is InChI=1S/C10H18O4/c1-3-4-5-10(14,7-11)6-8(2)9(12)13/h6,11,14H,3-5,7H2,1-2H3,(H,12,13). The molecule has 0 aromatic carbocycles. The molecule has 4 nitrogen and oxygen atoms in total. The fourth-order valence-electron chi connectivity index (χ4n) is 1.14. The first kappa shape index (κ1) is 13.1. The predicted molar refractivity (Wildman–Crippen MR) is 53.0 cm³/mol. The third-order valence-electron chi connectivity index (χ3n) is 2.06. The number of aliphatic hydroxyl groups is 2. The maximum absolute atomic E-state index is 10.5. The molecule has 14 heavy (non-hydrogen) atoms. The van der Waals surface area contributed by atoms with Gasteiger partial charge in [0.15, 0.2) is 0 Å². The number of hydrogen-bond acceptors (Lipinski definition) is 3. The zero-order chi connectivity index (χ0) is 11.2. The SMILES string of the molecule is CCCCC(O)(C=C(C)C(=O)O)CO. The Labute approximate surface area is 83.9 Å². The molecule has 0 fully saturated rings. The average Bonchev–Trinajstić information content (AvgIpc) is 2.14. The number of carboxylic acids is 1. The van der Waals surface area contributed by atoms with Crippen LogP contribution in [-0.2, 0) is 4.79 Å². The van der Waals surface area contributed by atoms with E-state index in [-0.39, 0.29) is 5.57 Å². The first-order valence-electron chi connectivity index (χ1n) is 4.71. The number of rotatable bonds is 6. The molecule has 0 aromatic rings. The number of carboxylic acid groups (broad SMARTS) is 1. The molecule has 4 heteroatoms. The number of aliphatic hydroxyl groups excluding tert-OH is 1. The van der Waals surface area contributed by atoms with E-state index < -0.39 is 18.2 Å². The lowest BCUT2D eigenvalue weighted by Gasteiger charge is -2.22. The van der Waals surface area contributed by atoms with Crippen molar-refractivity contribution in [2.24, 2.45) is 0 Å². The molecule has 0 aliphatic heterocycles. The van der Waals surface area contributed by atoms with Gasteiger partial charge in [0, 0.05) is 5.57 Å². The molecule has 0 saturated carbocycles. The number of carbonyl (C=O) groups is 1. The molecule has 1 unspecified atom stereocenters. The van der Waals surface area contributed by atoms with Gasteiger partial charge in [0.2, 0.25) is 0 Å². The van der Waals surface area contributed by atoms with Crippen molar-refractivity contribution in [2.75, 3.05) is 6.61 Å². The van der Waals surface area contributed by atoms with Gasteiger partial charge in [-0.05, 0) is 19.4 Å². The first-order valence-corrected chi connectivity index (χ1v) is 4.71. The van der Waals surface area contributed by atoms with E-state index in [1.165, 1.54) is 13.0 Å². The van der Waals surface area contributed by atoms with Crippen LogP contribution in [0.15, 0.2) is 11.6 Å². The van der Waals surface area contributed by atoms with Gasteiger partial charge in [-0.25, -0.2) is 4.79 Å². The molecule has 0 amide bonds. The van der Waals surface area contributed by atoms with Gasteiger partial charge in [-0.15, -0.1) is 0 Å². The van der Waals surface area contributed by atoms with Crippen LogP contribution in [0.2, 0.25) is 0 Å². The fourth-order valence-corrected chi connectivity index (χ4v) is 1.14. The van der Waals surface area contributed by atoms with Crippen LogP contribution < -0.4 is 0 Å². The Morgan fingerprint density at radius 1 is 1.50 bits per heavy atom. The van der Waals surface area contributed by atoms with E-state index in [1.807, 2.05) is 6.92 Å². The predicted octanol–water partition coefficient (Wildman–Crippen LogP) is 0.931. The van der Waals surface area contributed by atoms with Crippen molar-refractivity contribution in [1.82, 2.24) is 0 Å². The molecule has 0 aliphatic carbocycles. The normalized spacial score (nSPS) is 16.4. The second-order valence-electron chi connectivity index (χ2n) is 3.50.